The fourth-order valence-corrected chi connectivity index (χ4v) is 1.77. The van der Waals surface area contributed by atoms with Crippen LogP contribution in [0.25, 0.3) is 6.08 Å². The van der Waals surface area contributed by atoms with Crippen LogP contribution in [0.3, 0.4) is 0 Å². The summed E-state index contributed by atoms with van der Waals surface area (Å²) in [5.74, 6) is -1.63. The van der Waals surface area contributed by atoms with Crippen LogP contribution in [0.5, 0.6) is 0 Å². The van der Waals surface area contributed by atoms with E-state index in [9.17, 15) is 14.7 Å². The molecule has 4 heteroatoms. The summed E-state index contributed by atoms with van der Waals surface area (Å²) in [6.07, 6.45) is 1.43. The first-order chi connectivity index (χ1) is 10.1. The topological polar surface area (TPSA) is 66.4 Å². The molecule has 0 aromatic heterocycles. The van der Waals surface area contributed by atoms with Gasteiger partial charge in [-0.3, -0.25) is 4.79 Å². The molecule has 0 unspecified atom stereocenters. The van der Waals surface area contributed by atoms with E-state index in [0.29, 0.717) is 11.1 Å². The third-order valence-electron chi connectivity index (χ3n) is 2.90. The van der Waals surface area contributed by atoms with Crippen LogP contribution in [0, 0.1) is 6.92 Å². The minimum absolute atomic E-state index is 0.160. The highest BCUT2D eigenvalue weighted by molar-refractivity contribution is 6.02. The lowest BCUT2D eigenvalue weighted by molar-refractivity contribution is -0.132. The number of carboxylic acid groups (broad SMARTS) is 1. The second kappa shape index (κ2) is 6.52. The Balaban J connectivity index is 2.21. The number of hydrogen-bond donors (Lipinski definition) is 2. The lowest BCUT2D eigenvalue weighted by Gasteiger charge is -2.06. The maximum atomic E-state index is 12.0. The molecule has 0 aliphatic carbocycles. The molecule has 0 radical (unpaired) electrons. The zero-order chi connectivity index (χ0) is 15.2. The van der Waals surface area contributed by atoms with Crippen LogP contribution in [0.2, 0.25) is 0 Å². The van der Waals surface area contributed by atoms with Gasteiger partial charge in [0.25, 0.3) is 5.91 Å². The van der Waals surface area contributed by atoms with Crippen molar-refractivity contribution in [3.05, 3.63) is 77.0 Å². The number of carbonyl (C=O) groups excluding carboxylic acids is 1. The fraction of sp³-hybridized carbons (Fsp3) is 0.0588. The number of rotatable bonds is 4. The molecule has 0 atom stereocenters. The summed E-state index contributed by atoms with van der Waals surface area (Å²) >= 11 is 0. The molecule has 2 N–H and O–H groups in total. The molecule has 0 saturated heterocycles. The van der Waals surface area contributed by atoms with Crippen molar-refractivity contribution >= 4 is 18.0 Å². The fourth-order valence-electron chi connectivity index (χ4n) is 1.77. The minimum Gasteiger partial charge on any atom is -0.477 e. The number of carbonyl (C=O) groups is 2. The molecule has 0 spiro atoms. The minimum atomic E-state index is -1.18. The van der Waals surface area contributed by atoms with Gasteiger partial charge in [0.1, 0.15) is 5.70 Å². The highest BCUT2D eigenvalue weighted by Gasteiger charge is 2.13. The van der Waals surface area contributed by atoms with Crippen LogP contribution in [-0.2, 0) is 4.79 Å². The number of aliphatic carboxylic acids is 1. The van der Waals surface area contributed by atoms with Gasteiger partial charge in [0.05, 0.1) is 0 Å². The molecule has 1 amide bonds. The van der Waals surface area contributed by atoms with Gasteiger partial charge in [-0.2, -0.15) is 0 Å². The molecule has 0 fully saturated rings. The average Bonchev–Trinajstić information content (AvgIpc) is 2.48. The van der Waals surface area contributed by atoms with Crippen LogP contribution < -0.4 is 5.32 Å². The Morgan fingerprint density at radius 1 is 1.00 bits per heavy atom. The quantitative estimate of drug-likeness (QED) is 0.847. The monoisotopic (exact) mass is 281 g/mol. The van der Waals surface area contributed by atoms with Crippen molar-refractivity contribution in [3.63, 3.8) is 0 Å². The van der Waals surface area contributed by atoms with E-state index >= 15 is 0 Å². The third-order valence-corrected chi connectivity index (χ3v) is 2.90. The van der Waals surface area contributed by atoms with E-state index in [2.05, 4.69) is 5.32 Å². The maximum absolute atomic E-state index is 12.0. The number of aryl methyl sites for hydroxylation is 1. The van der Waals surface area contributed by atoms with Gasteiger partial charge in [-0.25, -0.2) is 4.79 Å². The van der Waals surface area contributed by atoms with Crippen molar-refractivity contribution in [1.82, 2.24) is 5.32 Å². The predicted octanol–water partition coefficient (Wildman–Crippen LogP) is 2.85. The number of hydrogen-bond acceptors (Lipinski definition) is 2. The largest absolute Gasteiger partial charge is 0.477 e. The third kappa shape index (κ3) is 4.04. The van der Waals surface area contributed by atoms with Crippen LogP contribution in [0.15, 0.2) is 60.3 Å². The number of amides is 1. The summed E-state index contributed by atoms with van der Waals surface area (Å²) in [6.45, 7) is 1.92. The van der Waals surface area contributed by atoms with Crippen LogP contribution in [-0.4, -0.2) is 17.0 Å². The number of nitrogens with one attached hydrogen (secondary N) is 1. The first kappa shape index (κ1) is 14.5. The smallest absolute Gasteiger partial charge is 0.352 e. The van der Waals surface area contributed by atoms with E-state index in [1.54, 1.807) is 48.5 Å². The normalized spacial score (nSPS) is 11.0. The molecule has 0 bridgehead atoms. The maximum Gasteiger partial charge on any atom is 0.352 e. The molecular weight excluding hydrogens is 266 g/mol. The van der Waals surface area contributed by atoms with Crippen LogP contribution in [0.1, 0.15) is 21.5 Å². The van der Waals surface area contributed by atoms with Crippen molar-refractivity contribution in [2.45, 2.75) is 6.92 Å². The molecular formula is C17H15NO3. The molecule has 0 saturated carbocycles. The Morgan fingerprint density at radius 2 is 1.62 bits per heavy atom. The average molecular weight is 281 g/mol. The molecule has 2 aromatic rings. The van der Waals surface area contributed by atoms with Crippen molar-refractivity contribution in [2.75, 3.05) is 0 Å². The van der Waals surface area contributed by atoms with E-state index in [1.807, 2.05) is 13.0 Å². The second-order valence-electron chi connectivity index (χ2n) is 4.59. The van der Waals surface area contributed by atoms with Gasteiger partial charge in [0.15, 0.2) is 0 Å². The van der Waals surface area contributed by atoms with Crippen molar-refractivity contribution in [3.8, 4) is 0 Å². The molecule has 0 aliphatic rings. The summed E-state index contributed by atoms with van der Waals surface area (Å²) in [5, 5.41) is 11.6. The molecule has 106 valence electrons. The first-order valence-electron chi connectivity index (χ1n) is 6.44. The molecule has 0 aliphatic heterocycles. The SMILES string of the molecule is Cc1ccc(C(=O)NC(=Cc2ccccc2)C(=O)O)cc1. The van der Waals surface area contributed by atoms with Crippen LogP contribution in [0.4, 0.5) is 0 Å². The van der Waals surface area contributed by atoms with Crippen molar-refractivity contribution < 1.29 is 14.7 Å². The van der Waals surface area contributed by atoms with Gasteiger partial charge in [-0.05, 0) is 30.7 Å². The Morgan fingerprint density at radius 3 is 2.19 bits per heavy atom. The predicted molar refractivity (Wildman–Crippen MR) is 80.7 cm³/mol. The van der Waals surface area contributed by atoms with Gasteiger partial charge in [0.2, 0.25) is 0 Å². The van der Waals surface area contributed by atoms with Gasteiger partial charge in [-0.15, -0.1) is 0 Å². The second-order valence-corrected chi connectivity index (χ2v) is 4.59. The van der Waals surface area contributed by atoms with E-state index in [4.69, 9.17) is 0 Å². The lowest BCUT2D eigenvalue weighted by atomic mass is 10.1. The molecule has 21 heavy (non-hydrogen) atoms. The van der Waals surface area contributed by atoms with Gasteiger partial charge < -0.3 is 10.4 Å². The Hall–Kier alpha value is -2.88. The van der Waals surface area contributed by atoms with Gasteiger partial charge >= 0.3 is 5.97 Å². The molecule has 0 heterocycles. The zero-order valence-electron chi connectivity index (χ0n) is 11.5. The Kier molecular flexibility index (Phi) is 4.51. The summed E-state index contributed by atoms with van der Waals surface area (Å²) in [7, 11) is 0. The summed E-state index contributed by atoms with van der Waals surface area (Å²) in [4.78, 5) is 23.3. The zero-order valence-corrected chi connectivity index (χ0v) is 11.5. The highest BCUT2D eigenvalue weighted by Crippen LogP contribution is 2.07. The summed E-state index contributed by atoms with van der Waals surface area (Å²) < 4.78 is 0. The Labute approximate surface area is 122 Å². The van der Waals surface area contributed by atoms with E-state index in [-0.39, 0.29) is 5.70 Å². The first-order valence-corrected chi connectivity index (χ1v) is 6.44. The standard InChI is InChI=1S/C17H15NO3/c1-12-7-9-14(10-8-12)16(19)18-15(17(20)21)11-13-5-3-2-4-6-13/h2-11H,1H3,(H,18,19)(H,20,21). The molecule has 2 aromatic carbocycles. The summed E-state index contributed by atoms with van der Waals surface area (Å²) in [5.41, 5.74) is 2.00. The molecule has 4 nitrogen and oxygen atoms in total. The molecule has 2 rings (SSSR count). The number of carboxylic acids is 1. The Bertz CT molecular complexity index is 673. The van der Waals surface area contributed by atoms with Crippen molar-refractivity contribution in [1.29, 1.82) is 0 Å². The lowest BCUT2D eigenvalue weighted by Crippen LogP contribution is -2.27. The number of benzene rings is 2. The van der Waals surface area contributed by atoms with Gasteiger partial charge in [-0.1, -0.05) is 48.0 Å². The van der Waals surface area contributed by atoms with E-state index in [1.165, 1.54) is 6.08 Å². The van der Waals surface area contributed by atoms with Crippen molar-refractivity contribution in [2.24, 2.45) is 0 Å². The van der Waals surface area contributed by atoms with Gasteiger partial charge in [0, 0.05) is 5.56 Å². The van der Waals surface area contributed by atoms with E-state index < -0.39 is 11.9 Å². The summed E-state index contributed by atoms with van der Waals surface area (Å²) in [6, 6.07) is 15.9. The highest BCUT2D eigenvalue weighted by atomic mass is 16.4. The van der Waals surface area contributed by atoms with E-state index in [0.717, 1.165) is 5.56 Å². The van der Waals surface area contributed by atoms with Crippen LogP contribution >= 0.6 is 0 Å².